The molecule has 0 aliphatic carbocycles. The summed E-state index contributed by atoms with van der Waals surface area (Å²) in [7, 11) is -1.21. The number of carbonyl (C=O) groups is 1. The number of carbonyl (C=O) groups excluding carboxylic acids is 1. The predicted octanol–water partition coefficient (Wildman–Crippen LogP) is 6.56. The van der Waals surface area contributed by atoms with Crippen molar-refractivity contribution in [3.05, 3.63) is 90.0 Å². The Morgan fingerprint density at radius 1 is 0.977 bits per heavy atom. The molecule has 0 radical (unpaired) electrons. The van der Waals surface area contributed by atoms with Crippen LogP contribution in [0, 0.1) is 17.8 Å². The summed E-state index contributed by atoms with van der Waals surface area (Å²) in [6, 6.07) is 24.1. The normalized spacial score (nSPS) is 13.4. The van der Waals surface area contributed by atoms with Crippen molar-refractivity contribution in [1.82, 2.24) is 9.62 Å². The molecule has 230 valence electrons. The molecule has 7 nitrogen and oxygen atoms in total. The Morgan fingerprint density at radius 3 is 2.19 bits per heavy atom. The lowest BCUT2D eigenvalue weighted by molar-refractivity contribution is 0.0513. The average Bonchev–Trinajstić information content (AvgIpc) is 2.96. The van der Waals surface area contributed by atoms with Crippen LogP contribution in [0.1, 0.15) is 52.2 Å². The number of ether oxygens (including phenoxy) is 3. The van der Waals surface area contributed by atoms with E-state index in [4.69, 9.17) is 14.2 Å². The monoisotopic (exact) mass is 604 g/mol. The van der Waals surface area contributed by atoms with Gasteiger partial charge in [-0.3, -0.25) is 0 Å². The second-order valence-electron chi connectivity index (χ2n) is 11.7. The maximum Gasteiger partial charge on any atom is 0.408 e. The van der Waals surface area contributed by atoms with Crippen molar-refractivity contribution in [3.63, 3.8) is 0 Å². The fourth-order valence-electron chi connectivity index (χ4n) is 4.15. The summed E-state index contributed by atoms with van der Waals surface area (Å²) in [6.45, 7) is 11.0. The van der Waals surface area contributed by atoms with Gasteiger partial charge >= 0.3 is 6.09 Å². The first kappa shape index (κ1) is 33.6. The summed E-state index contributed by atoms with van der Waals surface area (Å²) >= 11 is 0. The van der Waals surface area contributed by atoms with Gasteiger partial charge in [-0.15, -0.1) is 0 Å². The van der Waals surface area contributed by atoms with Gasteiger partial charge in [0.1, 0.15) is 23.7 Å². The maximum absolute atomic E-state index is 14.0. The molecule has 43 heavy (non-hydrogen) atoms. The fourth-order valence-corrected chi connectivity index (χ4v) is 5.95. The maximum atomic E-state index is 14.0. The van der Waals surface area contributed by atoms with Crippen molar-refractivity contribution in [2.24, 2.45) is 5.92 Å². The number of methoxy groups -OCH3 is 1. The van der Waals surface area contributed by atoms with Crippen LogP contribution in [0.5, 0.6) is 11.5 Å². The van der Waals surface area contributed by atoms with Crippen LogP contribution in [0.25, 0.3) is 0 Å². The van der Waals surface area contributed by atoms with Crippen molar-refractivity contribution in [2.45, 2.75) is 64.2 Å². The molecule has 3 aromatic rings. The highest BCUT2D eigenvalue weighted by Crippen LogP contribution is 2.21. The van der Waals surface area contributed by atoms with Gasteiger partial charge in [-0.25, -0.2) is 13.3 Å². The molecule has 0 aliphatic rings. The lowest BCUT2D eigenvalue weighted by Crippen LogP contribution is -2.42. The van der Waals surface area contributed by atoms with Crippen LogP contribution < -0.4 is 14.8 Å². The molecule has 8 heteroatoms. The van der Waals surface area contributed by atoms with E-state index in [-0.39, 0.29) is 5.92 Å². The first-order chi connectivity index (χ1) is 20.4. The van der Waals surface area contributed by atoms with Gasteiger partial charge in [0, 0.05) is 23.5 Å². The number of hydrogen-bond acceptors (Lipinski definition) is 5. The molecule has 1 amide bonds. The summed E-state index contributed by atoms with van der Waals surface area (Å²) in [6.07, 6.45) is -0.141. The van der Waals surface area contributed by atoms with E-state index in [0.717, 1.165) is 16.9 Å². The molecule has 2 atom stereocenters. The quantitative estimate of drug-likeness (QED) is 0.187. The average molecular weight is 605 g/mol. The molecule has 3 aromatic carbocycles. The van der Waals surface area contributed by atoms with E-state index in [1.807, 2.05) is 79.7 Å². The number of nitrogens with one attached hydrogen (secondary N) is 1. The van der Waals surface area contributed by atoms with Crippen LogP contribution in [0.2, 0.25) is 0 Å². The van der Waals surface area contributed by atoms with Crippen LogP contribution >= 0.6 is 0 Å². The minimum absolute atomic E-state index is 0.242. The minimum atomic E-state index is -2.80. The van der Waals surface area contributed by atoms with E-state index in [1.54, 1.807) is 31.4 Å². The van der Waals surface area contributed by atoms with Crippen molar-refractivity contribution >= 4 is 21.7 Å². The van der Waals surface area contributed by atoms with E-state index in [1.165, 1.54) is 0 Å². The van der Waals surface area contributed by atoms with Gasteiger partial charge < -0.3 is 19.5 Å². The second kappa shape index (κ2) is 15.5. The molecule has 0 aromatic heterocycles. The number of alkyl carbamates (subject to hydrolysis) is 1. The number of rotatable bonds is 12. The SMILES string of the molecule is C=S(=O)(c1ccc(OC)cc1)N(CCC(C#Cc1ccc(OCc2ccccc2)cc1)NC(=O)OC(C)(C)C)CC(C)C. The van der Waals surface area contributed by atoms with Gasteiger partial charge in [0.25, 0.3) is 0 Å². The van der Waals surface area contributed by atoms with Gasteiger partial charge in [-0.1, -0.05) is 56.0 Å². The van der Waals surface area contributed by atoms with Crippen LogP contribution in [0.3, 0.4) is 0 Å². The minimum Gasteiger partial charge on any atom is -0.497 e. The van der Waals surface area contributed by atoms with Crippen molar-refractivity contribution in [3.8, 4) is 23.3 Å². The van der Waals surface area contributed by atoms with Gasteiger partial charge in [0.15, 0.2) is 0 Å². The third-order valence-corrected chi connectivity index (χ3v) is 8.44. The molecule has 2 unspecified atom stereocenters. The highest BCUT2D eigenvalue weighted by atomic mass is 32.2. The van der Waals surface area contributed by atoms with E-state index >= 15 is 0 Å². The van der Waals surface area contributed by atoms with E-state index in [0.29, 0.717) is 36.8 Å². The van der Waals surface area contributed by atoms with Crippen LogP contribution in [0.4, 0.5) is 4.79 Å². The summed E-state index contributed by atoms with van der Waals surface area (Å²) in [4.78, 5) is 13.3. The molecule has 0 saturated heterocycles. The molecular formula is C35H44N2O5S. The van der Waals surface area contributed by atoms with Gasteiger partial charge in [-0.05, 0) is 93.1 Å². The Kier molecular flexibility index (Phi) is 12.1. The molecule has 0 fully saturated rings. The third-order valence-electron chi connectivity index (χ3n) is 6.27. The summed E-state index contributed by atoms with van der Waals surface area (Å²) < 4.78 is 32.5. The van der Waals surface area contributed by atoms with E-state index in [9.17, 15) is 9.00 Å². The van der Waals surface area contributed by atoms with E-state index in [2.05, 4.69) is 36.9 Å². The zero-order chi connectivity index (χ0) is 31.5. The highest BCUT2D eigenvalue weighted by molar-refractivity contribution is 7.98. The zero-order valence-corrected chi connectivity index (χ0v) is 26.9. The Hall–Kier alpha value is -3.93. The topological polar surface area (TPSA) is 77.1 Å². The molecule has 1 N–H and O–H groups in total. The number of nitrogens with zero attached hydrogens (tertiary/aromatic N) is 1. The third kappa shape index (κ3) is 11.3. The standard InChI is InChI=1S/C35H44N2O5S/c1-27(2)25-37(43(7,39)33-21-19-31(40-6)20-22-33)24-23-30(36-34(38)42-35(3,4)5)16-13-28-14-17-32(18-15-28)41-26-29-11-9-8-10-12-29/h8-12,14-15,17-22,27,30H,7,23-26H2,1-6H3,(H,36,38). The molecular weight excluding hydrogens is 560 g/mol. The van der Waals surface area contributed by atoms with E-state index < -0.39 is 27.4 Å². The van der Waals surface area contributed by atoms with Gasteiger partial charge in [-0.2, -0.15) is 0 Å². The predicted molar refractivity (Wildman–Crippen MR) is 175 cm³/mol. The summed E-state index contributed by atoms with van der Waals surface area (Å²) in [5.41, 5.74) is 1.21. The lowest BCUT2D eigenvalue weighted by Gasteiger charge is -2.29. The summed E-state index contributed by atoms with van der Waals surface area (Å²) in [5, 5.41) is 2.89. The largest absolute Gasteiger partial charge is 0.497 e. The van der Waals surface area contributed by atoms with Crippen molar-refractivity contribution < 1.29 is 23.2 Å². The fraction of sp³-hybridized carbons (Fsp3) is 0.371. The van der Waals surface area contributed by atoms with Crippen LogP contribution in [0.15, 0.2) is 83.8 Å². The first-order valence-electron chi connectivity index (χ1n) is 14.4. The Balaban J connectivity index is 1.77. The second-order valence-corrected chi connectivity index (χ2v) is 13.9. The Bertz CT molecular complexity index is 1470. The molecule has 0 bridgehead atoms. The highest BCUT2D eigenvalue weighted by Gasteiger charge is 2.23. The molecule has 0 heterocycles. The molecule has 0 saturated carbocycles. The lowest BCUT2D eigenvalue weighted by atomic mass is 10.1. The Morgan fingerprint density at radius 2 is 1.60 bits per heavy atom. The molecule has 3 rings (SSSR count). The van der Waals surface area contributed by atoms with Gasteiger partial charge in [0.2, 0.25) is 0 Å². The van der Waals surface area contributed by atoms with Gasteiger partial charge in [0.05, 0.1) is 22.9 Å². The smallest absolute Gasteiger partial charge is 0.408 e. The number of benzene rings is 3. The Labute approximate surface area is 257 Å². The first-order valence-corrected chi connectivity index (χ1v) is 16.1. The number of hydrogen-bond donors (Lipinski definition) is 1. The number of amides is 1. The van der Waals surface area contributed by atoms with Crippen molar-refractivity contribution in [2.75, 3.05) is 20.2 Å². The van der Waals surface area contributed by atoms with Crippen LogP contribution in [-0.4, -0.2) is 52.3 Å². The van der Waals surface area contributed by atoms with Crippen molar-refractivity contribution in [1.29, 1.82) is 0 Å². The zero-order valence-electron chi connectivity index (χ0n) is 26.1. The molecule has 0 aliphatic heterocycles. The molecule has 0 spiro atoms. The summed E-state index contributed by atoms with van der Waals surface area (Å²) in [5.74, 6) is 12.1. The van der Waals surface area contributed by atoms with Crippen LogP contribution in [-0.2, 0) is 21.1 Å².